The molecule has 2 fully saturated rings. The Balaban J connectivity index is 2.05. The third-order valence-electron chi connectivity index (χ3n) is 4.23. The SMILES string of the molecule is N#C[C@]1(c2ccccc2)C[C@H]2C[C@@H]1CC2=O. The monoisotopic (exact) mass is 211 g/mol. The van der Waals surface area contributed by atoms with Crippen LogP contribution in [-0.2, 0) is 10.2 Å². The van der Waals surface area contributed by atoms with Gasteiger partial charge in [-0.15, -0.1) is 0 Å². The molecule has 80 valence electrons. The van der Waals surface area contributed by atoms with Crippen molar-refractivity contribution in [3.05, 3.63) is 35.9 Å². The normalized spacial score (nSPS) is 36.3. The lowest BCUT2D eigenvalue weighted by Crippen LogP contribution is -2.33. The molecule has 16 heavy (non-hydrogen) atoms. The van der Waals surface area contributed by atoms with Crippen molar-refractivity contribution in [1.82, 2.24) is 0 Å². The van der Waals surface area contributed by atoms with Crippen molar-refractivity contribution in [2.24, 2.45) is 11.8 Å². The number of carbonyl (C=O) groups excluding carboxylic acids is 1. The number of Topliss-reactive ketones (excluding diaryl/α,β-unsaturated/α-hetero) is 1. The van der Waals surface area contributed by atoms with Crippen LogP contribution in [0.15, 0.2) is 30.3 Å². The van der Waals surface area contributed by atoms with E-state index < -0.39 is 0 Å². The Morgan fingerprint density at radius 3 is 2.56 bits per heavy atom. The maximum absolute atomic E-state index is 11.6. The van der Waals surface area contributed by atoms with Gasteiger partial charge in [0.25, 0.3) is 0 Å². The smallest absolute Gasteiger partial charge is 0.136 e. The quantitative estimate of drug-likeness (QED) is 0.715. The first-order valence-electron chi connectivity index (χ1n) is 5.76. The maximum atomic E-state index is 11.6. The Morgan fingerprint density at radius 1 is 1.31 bits per heavy atom. The van der Waals surface area contributed by atoms with Crippen LogP contribution in [0.1, 0.15) is 24.8 Å². The summed E-state index contributed by atoms with van der Waals surface area (Å²) >= 11 is 0. The van der Waals surface area contributed by atoms with Crippen LogP contribution in [0.3, 0.4) is 0 Å². The fourth-order valence-electron chi connectivity index (χ4n) is 3.39. The Bertz CT molecular complexity index is 473. The number of benzene rings is 1. The molecule has 2 nitrogen and oxygen atoms in total. The van der Waals surface area contributed by atoms with E-state index in [-0.39, 0.29) is 17.3 Å². The standard InChI is InChI=1S/C14H13NO/c15-9-14(11-4-2-1-3-5-11)8-10-6-12(14)7-13(10)16/h1-5,10,12H,6-8H2/t10-,12-,14+/m1/s1. The molecular weight excluding hydrogens is 198 g/mol. The van der Waals surface area contributed by atoms with E-state index in [0.29, 0.717) is 12.2 Å². The van der Waals surface area contributed by atoms with Gasteiger partial charge in [-0.1, -0.05) is 30.3 Å². The van der Waals surface area contributed by atoms with Gasteiger partial charge >= 0.3 is 0 Å². The largest absolute Gasteiger partial charge is 0.299 e. The summed E-state index contributed by atoms with van der Waals surface area (Å²) in [6.45, 7) is 0. The predicted molar refractivity (Wildman–Crippen MR) is 59.6 cm³/mol. The number of hydrogen-bond donors (Lipinski definition) is 0. The molecule has 0 aromatic heterocycles. The van der Waals surface area contributed by atoms with Gasteiger partial charge in [0.15, 0.2) is 0 Å². The molecule has 1 aromatic carbocycles. The van der Waals surface area contributed by atoms with E-state index in [1.807, 2.05) is 30.3 Å². The molecule has 0 amide bonds. The van der Waals surface area contributed by atoms with Crippen LogP contribution in [0.4, 0.5) is 0 Å². The van der Waals surface area contributed by atoms with Crippen LogP contribution >= 0.6 is 0 Å². The lowest BCUT2D eigenvalue weighted by atomic mass is 9.69. The topological polar surface area (TPSA) is 40.9 Å². The summed E-state index contributed by atoms with van der Waals surface area (Å²) in [6, 6.07) is 12.5. The highest BCUT2D eigenvalue weighted by Crippen LogP contribution is 2.55. The van der Waals surface area contributed by atoms with Crippen LogP contribution in [0, 0.1) is 23.2 Å². The van der Waals surface area contributed by atoms with Crippen LogP contribution in [0.2, 0.25) is 0 Å². The van der Waals surface area contributed by atoms with Gasteiger partial charge in [-0.2, -0.15) is 5.26 Å². The first-order valence-corrected chi connectivity index (χ1v) is 5.76. The van der Waals surface area contributed by atoms with Crippen molar-refractivity contribution < 1.29 is 4.79 Å². The first kappa shape index (κ1) is 9.59. The highest BCUT2D eigenvalue weighted by molar-refractivity contribution is 5.85. The molecule has 2 aliphatic rings. The number of fused-ring (bicyclic) bond motifs is 2. The second-order valence-electron chi connectivity index (χ2n) is 4.95. The van der Waals surface area contributed by atoms with Crippen LogP contribution in [0.5, 0.6) is 0 Å². The lowest BCUT2D eigenvalue weighted by molar-refractivity contribution is -0.122. The first-order chi connectivity index (χ1) is 7.76. The molecule has 0 spiro atoms. The van der Waals surface area contributed by atoms with Gasteiger partial charge < -0.3 is 0 Å². The minimum absolute atomic E-state index is 0.143. The van der Waals surface area contributed by atoms with E-state index in [0.717, 1.165) is 18.4 Å². The Hall–Kier alpha value is -1.62. The third-order valence-corrected chi connectivity index (χ3v) is 4.23. The molecule has 3 atom stereocenters. The zero-order valence-electron chi connectivity index (χ0n) is 9.02. The number of rotatable bonds is 1. The van der Waals surface area contributed by atoms with Gasteiger partial charge in [-0.3, -0.25) is 4.79 Å². The fraction of sp³-hybridized carbons (Fsp3) is 0.429. The van der Waals surface area contributed by atoms with Gasteiger partial charge in [-0.05, 0) is 24.3 Å². The summed E-state index contributed by atoms with van der Waals surface area (Å²) in [5, 5.41) is 9.52. The van der Waals surface area contributed by atoms with E-state index in [1.165, 1.54) is 0 Å². The minimum Gasteiger partial charge on any atom is -0.299 e. The van der Waals surface area contributed by atoms with Crippen LogP contribution in [-0.4, -0.2) is 5.78 Å². The molecule has 0 heterocycles. The lowest BCUT2D eigenvalue weighted by Gasteiger charge is -2.30. The third kappa shape index (κ3) is 1.09. The van der Waals surface area contributed by atoms with Crippen molar-refractivity contribution in [1.29, 1.82) is 5.26 Å². The molecule has 3 rings (SSSR count). The zero-order valence-corrected chi connectivity index (χ0v) is 9.02. The fourth-order valence-corrected chi connectivity index (χ4v) is 3.39. The molecule has 0 aliphatic heterocycles. The molecule has 0 radical (unpaired) electrons. The average molecular weight is 211 g/mol. The molecule has 2 bridgehead atoms. The van der Waals surface area contributed by atoms with Gasteiger partial charge in [-0.25, -0.2) is 0 Å². The van der Waals surface area contributed by atoms with Crippen LogP contribution in [0.25, 0.3) is 0 Å². The van der Waals surface area contributed by atoms with Crippen molar-refractivity contribution in [2.45, 2.75) is 24.7 Å². The summed E-state index contributed by atoms with van der Waals surface area (Å²) in [4.78, 5) is 11.6. The van der Waals surface area contributed by atoms with E-state index >= 15 is 0 Å². The summed E-state index contributed by atoms with van der Waals surface area (Å²) in [6.07, 6.45) is 2.26. The van der Waals surface area contributed by atoms with Gasteiger partial charge in [0.05, 0.1) is 11.5 Å². The van der Waals surface area contributed by atoms with Gasteiger partial charge in [0, 0.05) is 12.3 Å². The molecule has 0 unspecified atom stereocenters. The van der Waals surface area contributed by atoms with Gasteiger partial charge in [0.1, 0.15) is 5.78 Å². The predicted octanol–water partition coefficient (Wildman–Crippen LogP) is 2.45. The van der Waals surface area contributed by atoms with Crippen molar-refractivity contribution in [2.75, 3.05) is 0 Å². The molecule has 2 saturated carbocycles. The van der Waals surface area contributed by atoms with Crippen molar-refractivity contribution in [3.8, 4) is 6.07 Å². The molecule has 0 N–H and O–H groups in total. The highest BCUT2D eigenvalue weighted by atomic mass is 16.1. The Kier molecular flexibility index (Phi) is 1.91. The summed E-state index contributed by atoms with van der Waals surface area (Å²) in [5.41, 5.74) is 0.706. The summed E-state index contributed by atoms with van der Waals surface area (Å²) in [5.74, 6) is 0.758. The molecule has 2 heteroatoms. The average Bonchev–Trinajstić information content (AvgIpc) is 2.87. The number of carbonyl (C=O) groups is 1. The molecule has 1 aromatic rings. The Labute approximate surface area is 94.9 Å². The molecule has 0 saturated heterocycles. The van der Waals surface area contributed by atoms with E-state index in [1.54, 1.807) is 0 Å². The summed E-state index contributed by atoms with van der Waals surface area (Å²) in [7, 11) is 0. The summed E-state index contributed by atoms with van der Waals surface area (Å²) < 4.78 is 0. The number of hydrogen-bond acceptors (Lipinski definition) is 2. The van der Waals surface area contributed by atoms with Crippen molar-refractivity contribution >= 4 is 5.78 Å². The Morgan fingerprint density at radius 2 is 2.06 bits per heavy atom. The van der Waals surface area contributed by atoms with E-state index in [4.69, 9.17) is 0 Å². The molecule has 2 aliphatic carbocycles. The van der Waals surface area contributed by atoms with Gasteiger partial charge in [0.2, 0.25) is 0 Å². The van der Waals surface area contributed by atoms with Crippen LogP contribution < -0.4 is 0 Å². The number of nitriles is 1. The van der Waals surface area contributed by atoms with E-state index in [2.05, 4.69) is 6.07 Å². The number of nitrogens with zero attached hydrogens (tertiary/aromatic N) is 1. The minimum atomic E-state index is -0.389. The second-order valence-corrected chi connectivity index (χ2v) is 4.95. The highest BCUT2D eigenvalue weighted by Gasteiger charge is 2.56. The van der Waals surface area contributed by atoms with E-state index in [9.17, 15) is 10.1 Å². The zero-order chi connectivity index (χ0) is 11.2. The molecular formula is C14H13NO. The number of ketones is 1. The van der Waals surface area contributed by atoms with Crippen molar-refractivity contribution in [3.63, 3.8) is 0 Å². The second kappa shape index (κ2) is 3.18. The maximum Gasteiger partial charge on any atom is 0.136 e.